The van der Waals surface area contributed by atoms with Gasteiger partial charge >= 0.3 is 0 Å². The molecule has 0 amide bonds. The van der Waals surface area contributed by atoms with E-state index in [-0.39, 0.29) is 10.6 Å². The van der Waals surface area contributed by atoms with Gasteiger partial charge in [-0.3, -0.25) is 0 Å². The Hall–Kier alpha value is -1.59. The van der Waals surface area contributed by atoms with E-state index in [0.717, 1.165) is 18.2 Å². The fourth-order valence-corrected chi connectivity index (χ4v) is 2.15. The molecular formula is C14H10ClF4N. The fourth-order valence-electron chi connectivity index (χ4n) is 1.96. The van der Waals surface area contributed by atoms with Gasteiger partial charge in [0.25, 0.3) is 0 Å². The quantitative estimate of drug-likeness (QED) is 0.662. The van der Waals surface area contributed by atoms with Crippen molar-refractivity contribution in [1.29, 1.82) is 0 Å². The maximum absolute atomic E-state index is 13.8. The van der Waals surface area contributed by atoms with Crippen LogP contribution in [0.5, 0.6) is 0 Å². The molecule has 0 heterocycles. The normalized spacial score (nSPS) is 12.5. The summed E-state index contributed by atoms with van der Waals surface area (Å²) in [5, 5.41) is 2.63. The molecule has 2 aromatic rings. The van der Waals surface area contributed by atoms with Gasteiger partial charge in [-0.2, -0.15) is 0 Å². The first kappa shape index (κ1) is 14.8. The zero-order valence-electron chi connectivity index (χ0n) is 10.4. The topological polar surface area (TPSA) is 12.0 Å². The molecule has 0 bridgehead atoms. The highest BCUT2D eigenvalue weighted by Crippen LogP contribution is 2.28. The molecule has 6 heteroatoms. The highest BCUT2D eigenvalue weighted by atomic mass is 35.5. The predicted octanol–water partition coefficient (Wildman–Crippen LogP) is 4.21. The van der Waals surface area contributed by atoms with E-state index >= 15 is 0 Å². The fraction of sp³-hybridized carbons (Fsp3) is 0.143. The molecule has 2 rings (SSSR count). The number of hydrogen-bond acceptors (Lipinski definition) is 1. The van der Waals surface area contributed by atoms with Crippen LogP contribution in [0.25, 0.3) is 0 Å². The van der Waals surface area contributed by atoms with E-state index in [1.807, 2.05) is 0 Å². The second-order valence-corrected chi connectivity index (χ2v) is 4.57. The Labute approximate surface area is 118 Å². The lowest BCUT2D eigenvalue weighted by Crippen LogP contribution is -2.20. The number of halogens is 5. The second-order valence-electron chi connectivity index (χ2n) is 4.16. The average Bonchev–Trinajstić information content (AvgIpc) is 2.43. The summed E-state index contributed by atoms with van der Waals surface area (Å²) in [6.45, 7) is 0. The molecule has 0 spiro atoms. The maximum atomic E-state index is 13.8. The van der Waals surface area contributed by atoms with Crippen molar-refractivity contribution in [1.82, 2.24) is 5.32 Å². The van der Waals surface area contributed by atoms with Crippen LogP contribution in [-0.4, -0.2) is 7.05 Å². The molecule has 1 N–H and O–H groups in total. The van der Waals surface area contributed by atoms with E-state index in [2.05, 4.69) is 5.32 Å². The van der Waals surface area contributed by atoms with Gasteiger partial charge in [0.15, 0.2) is 17.5 Å². The molecule has 0 aromatic heterocycles. The second kappa shape index (κ2) is 5.81. The smallest absolute Gasteiger partial charge is 0.194 e. The van der Waals surface area contributed by atoms with Gasteiger partial charge in [-0.1, -0.05) is 23.7 Å². The first-order valence-corrected chi connectivity index (χ1v) is 6.09. The number of hydrogen-bond donors (Lipinski definition) is 1. The summed E-state index contributed by atoms with van der Waals surface area (Å²) < 4.78 is 53.2. The Bertz CT molecular complexity index is 645. The summed E-state index contributed by atoms with van der Waals surface area (Å²) >= 11 is 5.67. The van der Waals surface area contributed by atoms with E-state index in [1.165, 1.54) is 19.2 Å². The molecular weight excluding hydrogens is 294 g/mol. The Morgan fingerprint density at radius 2 is 1.60 bits per heavy atom. The number of benzene rings is 2. The zero-order valence-corrected chi connectivity index (χ0v) is 11.1. The summed E-state index contributed by atoms with van der Waals surface area (Å²) in [4.78, 5) is 0. The molecule has 1 nitrogen and oxygen atoms in total. The summed E-state index contributed by atoms with van der Waals surface area (Å²) in [6.07, 6.45) is 0. The molecule has 0 fully saturated rings. The number of nitrogens with one attached hydrogen (secondary N) is 1. The van der Waals surface area contributed by atoms with Crippen LogP contribution in [0.4, 0.5) is 17.6 Å². The van der Waals surface area contributed by atoms with Crippen LogP contribution in [0.3, 0.4) is 0 Å². The van der Waals surface area contributed by atoms with Crippen molar-refractivity contribution in [2.45, 2.75) is 6.04 Å². The van der Waals surface area contributed by atoms with Crippen LogP contribution in [0.15, 0.2) is 30.3 Å². The first-order valence-electron chi connectivity index (χ1n) is 5.71. The van der Waals surface area contributed by atoms with Crippen molar-refractivity contribution in [2.75, 3.05) is 7.05 Å². The minimum absolute atomic E-state index is 0.0888. The highest BCUT2D eigenvalue weighted by molar-refractivity contribution is 6.30. The molecule has 0 aliphatic heterocycles. The Morgan fingerprint density at radius 3 is 2.20 bits per heavy atom. The Kier molecular flexibility index (Phi) is 4.30. The van der Waals surface area contributed by atoms with Gasteiger partial charge in [0.2, 0.25) is 0 Å². The van der Waals surface area contributed by atoms with Gasteiger partial charge in [0.1, 0.15) is 5.82 Å². The highest BCUT2D eigenvalue weighted by Gasteiger charge is 2.21. The third-order valence-corrected chi connectivity index (χ3v) is 3.23. The average molecular weight is 304 g/mol. The van der Waals surface area contributed by atoms with Crippen LogP contribution in [0.2, 0.25) is 5.02 Å². The Morgan fingerprint density at radius 1 is 0.950 bits per heavy atom. The maximum Gasteiger partial charge on any atom is 0.194 e. The van der Waals surface area contributed by atoms with Gasteiger partial charge in [-0.05, 0) is 30.8 Å². The van der Waals surface area contributed by atoms with Crippen molar-refractivity contribution < 1.29 is 17.6 Å². The van der Waals surface area contributed by atoms with Gasteiger partial charge in [0.05, 0.1) is 11.1 Å². The van der Waals surface area contributed by atoms with Gasteiger partial charge in [-0.15, -0.1) is 0 Å². The van der Waals surface area contributed by atoms with E-state index in [9.17, 15) is 17.6 Å². The standard InChI is InChI=1S/C14H10ClF4N/c1-20-14(7-2-4-10(16)9(15)6-7)8-3-5-11(17)13(19)12(8)18/h2-6,14,20H,1H3. The van der Waals surface area contributed by atoms with E-state index in [1.54, 1.807) is 0 Å². The molecule has 0 aliphatic carbocycles. The van der Waals surface area contributed by atoms with Crippen LogP contribution in [-0.2, 0) is 0 Å². The molecule has 2 aromatic carbocycles. The largest absolute Gasteiger partial charge is 0.309 e. The molecule has 1 atom stereocenters. The monoisotopic (exact) mass is 303 g/mol. The zero-order chi connectivity index (χ0) is 14.9. The van der Waals surface area contributed by atoms with E-state index < -0.39 is 29.3 Å². The van der Waals surface area contributed by atoms with Crippen molar-refractivity contribution in [3.05, 3.63) is 69.8 Å². The summed E-state index contributed by atoms with van der Waals surface area (Å²) in [5.41, 5.74) is 0.345. The third kappa shape index (κ3) is 2.64. The van der Waals surface area contributed by atoms with Crippen LogP contribution in [0, 0.1) is 23.3 Å². The lowest BCUT2D eigenvalue weighted by atomic mass is 9.98. The van der Waals surface area contributed by atoms with Crippen LogP contribution in [0.1, 0.15) is 17.2 Å². The van der Waals surface area contributed by atoms with Crippen molar-refractivity contribution in [3.8, 4) is 0 Å². The molecule has 0 saturated carbocycles. The molecule has 0 aliphatic rings. The minimum atomic E-state index is -1.55. The van der Waals surface area contributed by atoms with Crippen LogP contribution >= 0.6 is 11.6 Å². The van der Waals surface area contributed by atoms with Crippen molar-refractivity contribution in [2.24, 2.45) is 0 Å². The molecule has 20 heavy (non-hydrogen) atoms. The van der Waals surface area contributed by atoms with Crippen molar-refractivity contribution in [3.63, 3.8) is 0 Å². The predicted molar refractivity (Wildman–Crippen MR) is 68.6 cm³/mol. The lowest BCUT2D eigenvalue weighted by molar-refractivity contribution is 0.435. The SMILES string of the molecule is CNC(c1ccc(F)c(Cl)c1)c1ccc(F)c(F)c1F. The van der Waals surface area contributed by atoms with Gasteiger partial charge in [0, 0.05) is 5.56 Å². The minimum Gasteiger partial charge on any atom is -0.309 e. The summed E-state index contributed by atoms with van der Waals surface area (Å²) in [5.74, 6) is -4.71. The van der Waals surface area contributed by atoms with Crippen molar-refractivity contribution >= 4 is 11.6 Å². The molecule has 106 valence electrons. The molecule has 1 unspecified atom stereocenters. The first-order chi connectivity index (χ1) is 9.45. The molecule has 0 radical (unpaired) electrons. The summed E-state index contributed by atoms with van der Waals surface area (Å²) in [7, 11) is 1.52. The molecule has 0 saturated heterocycles. The lowest BCUT2D eigenvalue weighted by Gasteiger charge is -2.18. The van der Waals surface area contributed by atoms with Crippen LogP contribution < -0.4 is 5.32 Å². The van der Waals surface area contributed by atoms with E-state index in [0.29, 0.717) is 5.56 Å². The van der Waals surface area contributed by atoms with Gasteiger partial charge in [-0.25, -0.2) is 17.6 Å². The number of rotatable bonds is 3. The van der Waals surface area contributed by atoms with Gasteiger partial charge < -0.3 is 5.32 Å². The van der Waals surface area contributed by atoms with E-state index in [4.69, 9.17) is 11.6 Å². The summed E-state index contributed by atoms with van der Waals surface area (Å²) in [6, 6.07) is 5.01. The Balaban J connectivity index is 2.52. The third-order valence-electron chi connectivity index (χ3n) is 2.94.